The molecular formula is C11H22N4O2S. The summed E-state index contributed by atoms with van der Waals surface area (Å²) < 4.78 is 26.1. The Morgan fingerprint density at radius 3 is 2.50 bits per heavy atom. The highest BCUT2D eigenvalue weighted by Crippen LogP contribution is 2.17. The first-order chi connectivity index (χ1) is 8.43. The van der Waals surface area contributed by atoms with Crippen molar-refractivity contribution in [2.75, 3.05) is 13.1 Å². The number of sulfonamides is 1. The normalized spacial score (nSPS) is 12.6. The number of aromatic nitrogens is 2. The van der Waals surface area contributed by atoms with Crippen LogP contribution >= 0.6 is 0 Å². The van der Waals surface area contributed by atoms with Crippen molar-refractivity contribution in [2.24, 2.45) is 0 Å². The molecule has 0 amide bonds. The van der Waals surface area contributed by atoms with E-state index in [0.717, 1.165) is 0 Å². The maximum Gasteiger partial charge on any atom is 0.260 e. The van der Waals surface area contributed by atoms with Crippen molar-refractivity contribution in [1.29, 1.82) is 0 Å². The highest BCUT2D eigenvalue weighted by Gasteiger charge is 2.26. The number of hydrogen-bond acceptors (Lipinski definition) is 4. The fourth-order valence-corrected chi connectivity index (χ4v) is 3.22. The van der Waals surface area contributed by atoms with Gasteiger partial charge in [0.15, 0.2) is 5.03 Å². The highest BCUT2D eigenvalue weighted by molar-refractivity contribution is 7.89. The number of nitrogens with one attached hydrogen (secondary N) is 2. The van der Waals surface area contributed by atoms with E-state index < -0.39 is 10.0 Å². The zero-order chi connectivity index (χ0) is 13.8. The van der Waals surface area contributed by atoms with Crippen LogP contribution in [0.5, 0.6) is 0 Å². The van der Waals surface area contributed by atoms with Crippen LogP contribution in [0.3, 0.4) is 0 Å². The van der Waals surface area contributed by atoms with Gasteiger partial charge < -0.3 is 5.32 Å². The Balaban J connectivity index is 2.99. The first-order valence-electron chi connectivity index (χ1n) is 6.19. The molecule has 1 rings (SSSR count). The minimum absolute atomic E-state index is 0.194. The summed E-state index contributed by atoms with van der Waals surface area (Å²) in [6.07, 6.45) is 1.56. The number of nitrogens with zero attached hydrogens (tertiary/aromatic N) is 2. The maximum atomic E-state index is 12.3. The number of hydrogen-bond donors (Lipinski definition) is 2. The molecule has 1 aromatic heterocycles. The first kappa shape index (κ1) is 15.1. The lowest BCUT2D eigenvalue weighted by molar-refractivity contribution is 0.441. The van der Waals surface area contributed by atoms with E-state index in [4.69, 9.17) is 0 Å². The van der Waals surface area contributed by atoms with Gasteiger partial charge in [-0.1, -0.05) is 27.7 Å². The van der Waals surface area contributed by atoms with Crippen LogP contribution in [-0.2, 0) is 16.6 Å². The molecule has 0 saturated carbocycles. The second-order valence-corrected chi connectivity index (χ2v) is 6.22. The van der Waals surface area contributed by atoms with E-state index >= 15 is 0 Å². The van der Waals surface area contributed by atoms with E-state index in [0.29, 0.717) is 31.2 Å². The molecule has 0 atom stereocenters. The van der Waals surface area contributed by atoms with Crippen LogP contribution in [0, 0.1) is 0 Å². The van der Waals surface area contributed by atoms with Gasteiger partial charge in [0.1, 0.15) is 0 Å². The van der Waals surface area contributed by atoms with E-state index in [1.54, 1.807) is 6.20 Å². The Bertz CT molecular complexity index is 463. The lowest BCUT2D eigenvalue weighted by Crippen LogP contribution is -2.32. The third-order valence-corrected chi connectivity index (χ3v) is 4.75. The predicted molar refractivity (Wildman–Crippen MR) is 70.7 cm³/mol. The van der Waals surface area contributed by atoms with E-state index in [-0.39, 0.29) is 5.03 Å². The van der Waals surface area contributed by atoms with E-state index in [1.165, 1.54) is 4.31 Å². The molecule has 0 unspecified atom stereocenters. The van der Waals surface area contributed by atoms with Crippen LogP contribution in [0.2, 0.25) is 0 Å². The van der Waals surface area contributed by atoms with Crippen molar-refractivity contribution in [3.8, 4) is 0 Å². The molecule has 1 aromatic rings. The van der Waals surface area contributed by atoms with E-state index in [2.05, 4.69) is 15.5 Å². The Morgan fingerprint density at radius 1 is 1.39 bits per heavy atom. The zero-order valence-corrected chi connectivity index (χ0v) is 12.2. The molecule has 0 aliphatic rings. The quantitative estimate of drug-likeness (QED) is 0.775. The molecule has 1 heterocycles. The van der Waals surface area contributed by atoms with Crippen LogP contribution < -0.4 is 5.32 Å². The van der Waals surface area contributed by atoms with Crippen molar-refractivity contribution in [2.45, 2.75) is 45.3 Å². The third-order valence-electron chi connectivity index (χ3n) is 2.68. The van der Waals surface area contributed by atoms with Gasteiger partial charge in [0.25, 0.3) is 10.0 Å². The van der Waals surface area contributed by atoms with Gasteiger partial charge in [-0.05, 0) is 0 Å². The average molecular weight is 274 g/mol. The van der Waals surface area contributed by atoms with Gasteiger partial charge in [0.2, 0.25) is 0 Å². The van der Waals surface area contributed by atoms with Crippen LogP contribution in [0.15, 0.2) is 11.2 Å². The number of H-pyrrole nitrogens is 1. The molecule has 0 bridgehead atoms. The summed E-state index contributed by atoms with van der Waals surface area (Å²) in [5, 5.41) is 9.83. The molecule has 7 heteroatoms. The Hall–Kier alpha value is -0.920. The summed E-state index contributed by atoms with van der Waals surface area (Å²) in [4.78, 5) is 0. The number of aromatic amines is 1. The van der Waals surface area contributed by atoms with Gasteiger partial charge >= 0.3 is 0 Å². The van der Waals surface area contributed by atoms with Crippen molar-refractivity contribution >= 4 is 10.0 Å². The Morgan fingerprint density at radius 2 is 2.00 bits per heavy atom. The van der Waals surface area contributed by atoms with Gasteiger partial charge in [0, 0.05) is 31.2 Å². The molecule has 2 N–H and O–H groups in total. The summed E-state index contributed by atoms with van der Waals surface area (Å²) in [6.45, 7) is 9.07. The maximum absolute atomic E-state index is 12.3. The molecule has 0 aliphatic heterocycles. The zero-order valence-electron chi connectivity index (χ0n) is 11.4. The number of rotatable bonds is 7. The summed E-state index contributed by atoms with van der Waals surface area (Å²) in [6, 6.07) is 0.295. The largest absolute Gasteiger partial charge is 0.310 e. The molecule has 0 radical (unpaired) electrons. The molecule has 0 aromatic carbocycles. The molecule has 18 heavy (non-hydrogen) atoms. The van der Waals surface area contributed by atoms with Crippen molar-refractivity contribution in [3.63, 3.8) is 0 Å². The summed E-state index contributed by atoms with van der Waals surface area (Å²) >= 11 is 0. The summed E-state index contributed by atoms with van der Waals surface area (Å²) in [5.74, 6) is 0. The van der Waals surface area contributed by atoms with Crippen LogP contribution in [0.4, 0.5) is 0 Å². The molecule has 0 saturated heterocycles. The monoisotopic (exact) mass is 274 g/mol. The van der Waals surface area contributed by atoms with E-state index in [1.807, 2.05) is 27.7 Å². The molecule has 0 aliphatic carbocycles. The van der Waals surface area contributed by atoms with Crippen LogP contribution in [-0.4, -0.2) is 42.1 Å². The third kappa shape index (κ3) is 3.30. The van der Waals surface area contributed by atoms with Gasteiger partial charge in [0.05, 0.1) is 6.20 Å². The van der Waals surface area contributed by atoms with Crippen molar-refractivity contribution < 1.29 is 8.42 Å². The highest BCUT2D eigenvalue weighted by atomic mass is 32.2. The summed E-state index contributed by atoms with van der Waals surface area (Å²) in [5.41, 5.74) is 0.676. The SMILES string of the molecule is CCN(CC)S(=O)(=O)c1[nH]ncc1CNC(C)C. The Kier molecular flexibility index (Phi) is 5.30. The van der Waals surface area contributed by atoms with Crippen LogP contribution in [0.25, 0.3) is 0 Å². The topological polar surface area (TPSA) is 78.1 Å². The fraction of sp³-hybridized carbons (Fsp3) is 0.727. The minimum Gasteiger partial charge on any atom is -0.310 e. The molecule has 0 fully saturated rings. The molecule has 104 valence electrons. The average Bonchev–Trinajstić information content (AvgIpc) is 2.76. The molecule has 0 spiro atoms. The van der Waals surface area contributed by atoms with E-state index in [9.17, 15) is 8.42 Å². The fourth-order valence-electron chi connectivity index (χ4n) is 1.66. The van der Waals surface area contributed by atoms with Gasteiger partial charge in [-0.15, -0.1) is 0 Å². The molecular weight excluding hydrogens is 252 g/mol. The minimum atomic E-state index is -3.46. The first-order valence-corrected chi connectivity index (χ1v) is 7.63. The van der Waals surface area contributed by atoms with Crippen molar-refractivity contribution in [1.82, 2.24) is 19.8 Å². The molecule has 6 nitrogen and oxygen atoms in total. The predicted octanol–water partition coefficient (Wildman–Crippen LogP) is 0.938. The van der Waals surface area contributed by atoms with Gasteiger partial charge in [-0.25, -0.2) is 8.42 Å². The smallest absolute Gasteiger partial charge is 0.260 e. The lowest BCUT2D eigenvalue weighted by atomic mass is 10.3. The van der Waals surface area contributed by atoms with Crippen molar-refractivity contribution in [3.05, 3.63) is 11.8 Å². The second-order valence-electron chi connectivity index (χ2n) is 4.35. The van der Waals surface area contributed by atoms with Gasteiger partial charge in [-0.3, -0.25) is 5.10 Å². The second kappa shape index (κ2) is 6.31. The lowest BCUT2D eigenvalue weighted by Gasteiger charge is -2.18. The van der Waals surface area contributed by atoms with Crippen LogP contribution in [0.1, 0.15) is 33.3 Å². The standard InChI is InChI=1S/C11H22N4O2S/c1-5-15(6-2)18(16,17)11-10(8-13-14-11)7-12-9(3)4/h8-9,12H,5-7H2,1-4H3,(H,13,14). The summed E-state index contributed by atoms with van der Waals surface area (Å²) in [7, 11) is -3.46. The Labute approximate surface area is 109 Å². The van der Waals surface area contributed by atoms with Gasteiger partial charge in [-0.2, -0.15) is 9.40 Å².